The summed E-state index contributed by atoms with van der Waals surface area (Å²) in [6, 6.07) is 4.08. The molecule has 0 aliphatic heterocycles. The number of pyridine rings is 1. The van der Waals surface area contributed by atoms with E-state index in [1.807, 2.05) is 13.0 Å². The number of alkyl halides is 1. The smallest absolute Gasteiger partial charge is 0.160 e. The highest BCUT2D eigenvalue weighted by atomic mass is 35.5. The average molecular weight is 290 g/mol. The maximum absolute atomic E-state index is 6.10. The lowest BCUT2D eigenvalue weighted by molar-refractivity contribution is 0.296. The highest BCUT2D eigenvalue weighted by Crippen LogP contribution is 2.49. The average Bonchev–Trinajstić information content (AvgIpc) is 3.13. The number of halogens is 1. The summed E-state index contributed by atoms with van der Waals surface area (Å²) in [5.74, 6) is 4.15. The Labute approximate surface area is 124 Å². The van der Waals surface area contributed by atoms with Crippen molar-refractivity contribution in [1.29, 1.82) is 0 Å². The fraction of sp³-hybridized carbons (Fsp3) is 0.625. The molecule has 3 atom stereocenters. The summed E-state index contributed by atoms with van der Waals surface area (Å²) in [5.41, 5.74) is 3.05. The van der Waals surface area contributed by atoms with Crippen molar-refractivity contribution in [3.63, 3.8) is 0 Å². The fourth-order valence-electron chi connectivity index (χ4n) is 4.27. The molecule has 2 bridgehead atoms. The SMILES string of the molecule is Cc1ccc2nc(CCl)n(CC3CC4CCC3C4)c2n1. The summed E-state index contributed by atoms with van der Waals surface area (Å²) >= 11 is 6.10. The number of imidazole rings is 1. The zero-order chi connectivity index (χ0) is 13.7. The van der Waals surface area contributed by atoms with Crippen LogP contribution in [0.3, 0.4) is 0 Å². The van der Waals surface area contributed by atoms with Gasteiger partial charge < -0.3 is 4.57 Å². The third-order valence-corrected chi connectivity index (χ3v) is 5.47. The number of hydrogen-bond donors (Lipinski definition) is 0. The van der Waals surface area contributed by atoms with Gasteiger partial charge in [0.15, 0.2) is 5.65 Å². The summed E-state index contributed by atoms with van der Waals surface area (Å²) < 4.78 is 2.28. The number of aromatic nitrogens is 3. The van der Waals surface area contributed by atoms with E-state index >= 15 is 0 Å². The van der Waals surface area contributed by atoms with Gasteiger partial charge in [-0.1, -0.05) is 6.42 Å². The Bertz CT molecular complexity index is 648. The predicted molar refractivity (Wildman–Crippen MR) is 80.8 cm³/mol. The maximum Gasteiger partial charge on any atom is 0.160 e. The molecule has 3 unspecified atom stereocenters. The molecule has 3 nitrogen and oxygen atoms in total. The zero-order valence-electron chi connectivity index (χ0n) is 11.8. The van der Waals surface area contributed by atoms with Crippen LogP contribution in [0.4, 0.5) is 0 Å². The third kappa shape index (κ3) is 1.95. The zero-order valence-corrected chi connectivity index (χ0v) is 12.6. The molecule has 0 N–H and O–H groups in total. The standard InChI is InChI=1S/C16H20ClN3/c1-10-2-5-14-16(18-10)20(15(8-17)19-14)9-13-7-11-3-4-12(13)6-11/h2,5,11-13H,3-4,6-9H2,1H3. The van der Waals surface area contributed by atoms with E-state index in [0.29, 0.717) is 5.88 Å². The Morgan fingerprint density at radius 3 is 2.85 bits per heavy atom. The van der Waals surface area contributed by atoms with Gasteiger partial charge in [-0.2, -0.15) is 0 Å². The van der Waals surface area contributed by atoms with Gasteiger partial charge in [0.1, 0.15) is 11.3 Å². The van der Waals surface area contributed by atoms with E-state index in [0.717, 1.165) is 47.0 Å². The summed E-state index contributed by atoms with van der Waals surface area (Å²) in [5, 5.41) is 0. The van der Waals surface area contributed by atoms with Crippen molar-refractivity contribution in [3.05, 3.63) is 23.7 Å². The van der Waals surface area contributed by atoms with Gasteiger partial charge in [-0.05, 0) is 56.1 Å². The third-order valence-electron chi connectivity index (χ3n) is 5.23. The number of hydrogen-bond acceptors (Lipinski definition) is 2. The summed E-state index contributed by atoms with van der Waals surface area (Å²) in [4.78, 5) is 9.34. The highest BCUT2D eigenvalue weighted by molar-refractivity contribution is 6.16. The molecule has 4 rings (SSSR count). The van der Waals surface area contributed by atoms with Crippen molar-refractivity contribution in [1.82, 2.24) is 14.5 Å². The molecule has 2 aromatic heterocycles. The molecule has 2 aliphatic rings. The molecular weight excluding hydrogens is 270 g/mol. The molecule has 2 fully saturated rings. The monoisotopic (exact) mass is 289 g/mol. The second kappa shape index (κ2) is 4.73. The molecular formula is C16H20ClN3. The lowest BCUT2D eigenvalue weighted by Gasteiger charge is -2.22. The molecule has 0 spiro atoms. The Balaban J connectivity index is 1.72. The molecule has 20 heavy (non-hydrogen) atoms. The van der Waals surface area contributed by atoms with Crippen molar-refractivity contribution in [2.24, 2.45) is 17.8 Å². The molecule has 0 saturated heterocycles. The van der Waals surface area contributed by atoms with Crippen molar-refractivity contribution >= 4 is 22.8 Å². The Morgan fingerprint density at radius 1 is 1.25 bits per heavy atom. The Morgan fingerprint density at radius 2 is 2.15 bits per heavy atom. The lowest BCUT2D eigenvalue weighted by Crippen LogP contribution is -2.18. The molecule has 0 aromatic carbocycles. The van der Waals surface area contributed by atoms with E-state index in [9.17, 15) is 0 Å². The minimum absolute atomic E-state index is 0.468. The van der Waals surface area contributed by atoms with Gasteiger partial charge in [-0.15, -0.1) is 11.6 Å². The highest BCUT2D eigenvalue weighted by Gasteiger charge is 2.39. The molecule has 4 heteroatoms. The Hall–Kier alpha value is -1.09. The van der Waals surface area contributed by atoms with E-state index in [-0.39, 0.29) is 0 Å². The first-order valence-electron chi connectivity index (χ1n) is 7.63. The molecule has 2 aromatic rings. The van der Waals surface area contributed by atoms with Gasteiger partial charge in [0, 0.05) is 12.2 Å². The molecule has 2 heterocycles. The summed E-state index contributed by atoms with van der Waals surface area (Å²) in [7, 11) is 0. The van der Waals surface area contributed by atoms with Gasteiger partial charge in [0.25, 0.3) is 0 Å². The van der Waals surface area contributed by atoms with Crippen LogP contribution < -0.4 is 0 Å². The van der Waals surface area contributed by atoms with E-state index in [1.54, 1.807) is 0 Å². The van der Waals surface area contributed by atoms with Crippen LogP contribution in [0.1, 0.15) is 37.2 Å². The Kier molecular flexibility index (Phi) is 2.99. The van der Waals surface area contributed by atoms with Crippen LogP contribution in [0, 0.1) is 24.7 Å². The van der Waals surface area contributed by atoms with Crippen LogP contribution in [0.2, 0.25) is 0 Å². The first kappa shape index (κ1) is 12.6. The maximum atomic E-state index is 6.10. The van der Waals surface area contributed by atoms with Crippen molar-refractivity contribution in [2.75, 3.05) is 0 Å². The topological polar surface area (TPSA) is 30.7 Å². The number of aryl methyl sites for hydroxylation is 1. The van der Waals surface area contributed by atoms with Crippen LogP contribution in [0.15, 0.2) is 12.1 Å². The number of fused-ring (bicyclic) bond motifs is 3. The second-order valence-electron chi connectivity index (χ2n) is 6.50. The van der Waals surface area contributed by atoms with Gasteiger partial charge in [-0.25, -0.2) is 9.97 Å². The second-order valence-corrected chi connectivity index (χ2v) is 6.77. The fourth-order valence-corrected chi connectivity index (χ4v) is 4.48. The van der Waals surface area contributed by atoms with Crippen molar-refractivity contribution < 1.29 is 0 Å². The van der Waals surface area contributed by atoms with Crippen LogP contribution in [0.5, 0.6) is 0 Å². The van der Waals surface area contributed by atoms with E-state index in [2.05, 4.69) is 15.6 Å². The lowest BCUT2D eigenvalue weighted by atomic mass is 9.89. The first-order valence-corrected chi connectivity index (χ1v) is 8.16. The van der Waals surface area contributed by atoms with Crippen LogP contribution >= 0.6 is 11.6 Å². The van der Waals surface area contributed by atoms with Gasteiger partial charge in [0.2, 0.25) is 0 Å². The minimum atomic E-state index is 0.468. The molecule has 106 valence electrons. The normalized spacial score (nSPS) is 28.6. The predicted octanol–water partition coefficient (Wildman–Crippen LogP) is 3.91. The van der Waals surface area contributed by atoms with Crippen molar-refractivity contribution in [3.8, 4) is 0 Å². The summed E-state index contributed by atoms with van der Waals surface area (Å²) in [6.07, 6.45) is 5.70. The van der Waals surface area contributed by atoms with E-state index in [4.69, 9.17) is 16.6 Å². The molecule has 2 saturated carbocycles. The minimum Gasteiger partial charge on any atom is -0.311 e. The number of rotatable bonds is 3. The first-order chi connectivity index (χ1) is 9.74. The quantitative estimate of drug-likeness (QED) is 0.802. The molecule has 0 amide bonds. The summed E-state index contributed by atoms with van der Waals surface area (Å²) in [6.45, 7) is 3.09. The van der Waals surface area contributed by atoms with Crippen LogP contribution in [0.25, 0.3) is 11.2 Å². The van der Waals surface area contributed by atoms with Crippen LogP contribution in [-0.2, 0) is 12.4 Å². The van der Waals surface area contributed by atoms with E-state index < -0.39 is 0 Å². The number of nitrogens with zero attached hydrogens (tertiary/aromatic N) is 3. The van der Waals surface area contributed by atoms with Gasteiger partial charge in [-0.3, -0.25) is 0 Å². The van der Waals surface area contributed by atoms with Crippen LogP contribution in [-0.4, -0.2) is 14.5 Å². The van der Waals surface area contributed by atoms with Gasteiger partial charge >= 0.3 is 0 Å². The van der Waals surface area contributed by atoms with Crippen molar-refractivity contribution in [2.45, 2.75) is 45.0 Å². The molecule has 2 aliphatic carbocycles. The largest absolute Gasteiger partial charge is 0.311 e. The molecule has 0 radical (unpaired) electrons. The van der Waals surface area contributed by atoms with Gasteiger partial charge in [0.05, 0.1) is 5.88 Å². The van der Waals surface area contributed by atoms with E-state index in [1.165, 1.54) is 25.7 Å².